The molecule has 0 saturated heterocycles. The van der Waals surface area contributed by atoms with E-state index in [4.69, 9.17) is 0 Å². The predicted octanol–water partition coefficient (Wildman–Crippen LogP) is 5.49. The number of nitrogens with one attached hydrogen (secondary N) is 1. The van der Waals surface area contributed by atoms with E-state index in [1.54, 1.807) is 12.3 Å². The van der Waals surface area contributed by atoms with E-state index in [0.29, 0.717) is 17.9 Å². The smallest absolute Gasteiger partial charge is 0.336 e. The molecule has 0 amide bonds. The van der Waals surface area contributed by atoms with Crippen molar-refractivity contribution in [2.75, 3.05) is 18.5 Å². The first-order valence-corrected chi connectivity index (χ1v) is 11.3. The molecule has 32 heavy (non-hydrogen) atoms. The number of carboxylic acid groups (broad SMARTS) is 1. The average molecular weight is 430 g/mol. The summed E-state index contributed by atoms with van der Waals surface area (Å²) in [6.45, 7) is 5.35. The first-order valence-electron chi connectivity index (χ1n) is 11.3. The Kier molecular flexibility index (Phi) is 6.56. The van der Waals surface area contributed by atoms with Gasteiger partial charge in [0.25, 0.3) is 0 Å². The van der Waals surface area contributed by atoms with Gasteiger partial charge in [-0.2, -0.15) is 0 Å². The van der Waals surface area contributed by atoms with Crippen molar-refractivity contribution >= 4 is 17.3 Å². The summed E-state index contributed by atoms with van der Waals surface area (Å²) in [5.74, 6) is -0.366. The van der Waals surface area contributed by atoms with Crippen molar-refractivity contribution in [1.29, 1.82) is 0 Å². The van der Waals surface area contributed by atoms with Gasteiger partial charge in [-0.15, -0.1) is 0 Å². The lowest BCUT2D eigenvalue weighted by atomic mass is 9.89. The minimum absolute atomic E-state index is 0.213. The number of benzene rings is 2. The van der Waals surface area contributed by atoms with E-state index in [9.17, 15) is 9.90 Å². The van der Waals surface area contributed by atoms with Gasteiger partial charge in [0.1, 0.15) is 0 Å². The second kappa shape index (κ2) is 9.53. The van der Waals surface area contributed by atoms with Crippen molar-refractivity contribution in [1.82, 2.24) is 10.3 Å². The fourth-order valence-corrected chi connectivity index (χ4v) is 4.47. The predicted molar refractivity (Wildman–Crippen MR) is 129 cm³/mol. The monoisotopic (exact) mass is 429 g/mol. The molecule has 166 valence electrons. The highest BCUT2D eigenvalue weighted by atomic mass is 16.4. The third-order valence-corrected chi connectivity index (χ3v) is 6.46. The number of anilines is 2. The van der Waals surface area contributed by atoms with Gasteiger partial charge >= 0.3 is 5.97 Å². The second-order valence-electron chi connectivity index (χ2n) is 8.82. The third kappa shape index (κ3) is 4.68. The number of pyridine rings is 1. The van der Waals surface area contributed by atoms with Gasteiger partial charge in [0.05, 0.1) is 5.56 Å². The van der Waals surface area contributed by atoms with E-state index in [2.05, 4.69) is 78.6 Å². The van der Waals surface area contributed by atoms with Gasteiger partial charge in [-0.05, 0) is 84.3 Å². The Morgan fingerprint density at radius 3 is 2.62 bits per heavy atom. The molecule has 0 saturated carbocycles. The molecule has 5 heteroatoms. The summed E-state index contributed by atoms with van der Waals surface area (Å²) in [5, 5.41) is 13.0. The number of rotatable bonds is 7. The van der Waals surface area contributed by atoms with E-state index in [1.807, 2.05) is 0 Å². The standard InChI is InChI=1S/C27H31N3O2/c1-18(2)19-4-7-22(8-5-19)30(3)23-9-10-24-20(16-23)12-15-29-26(24)11-6-21-17-28-14-13-25(21)27(31)32/h4-5,7-10,13-14,16-18,26,29H,6,11-12,15H2,1-3H3,(H,31,32)/t26-/m0/s1. The highest BCUT2D eigenvalue weighted by Gasteiger charge is 2.21. The minimum Gasteiger partial charge on any atom is -0.478 e. The van der Waals surface area contributed by atoms with Gasteiger partial charge in [-0.1, -0.05) is 32.0 Å². The van der Waals surface area contributed by atoms with Crippen LogP contribution < -0.4 is 10.2 Å². The largest absolute Gasteiger partial charge is 0.478 e. The minimum atomic E-state index is -0.895. The highest BCUT2D eigenvalue weighted by Crippen LogP contribution is 2.32. The number of nitrogens with zero attached hydrogens (tertiary/aromatic N) is 2. The fourth-order valence-electron chi connectivity index (χ4n) is 4.47. The van der Waals surface area contributed by atoms with Gasteiger partial charge in [-0.3, -0.25) is 4.98 Å². The van der Waals surface area contributed by atoms with Crippen LogP contribution in [0.5, 0.6) is 0 Å². The van der Waals surface area contributed by atoms with Crippen LogP contribution in [0.3, 0.4) is 0 Å². The van der Waals surface area contributed by atoms with Crippen LogP contribution in [0.4, 0.5) is 11.4 Å². The van der Waals surface area contributed by atoms with Crippen LogP contribution in [0.1, 0.15) is 64.8 Å². The summed E-state index contributed by atoms with van der Waals surface area (Å²) in [4.78, 5) is 17.8. The Morgan fingerprint density at radius 2 is 1.91 bits per heavy atom. The number of fused-ring (bicyclic) bond motifs is 1. The van der Waals surface area contributed by atoms with Crippen molar-refractivity contribution in [3.8, 4) is 0 Å². The maximum atomic E-state index is 11.5. The average Bonchev–Trinajstić information content (AvgIpc) is 2.82. The molecule has 4 rings (SSSR count). The topological polar surface area (TPSA) is 65.5 Å². The molecule has 1 aliphatic rings. The lowest BCUT2D eigenvalue weighted by molar-refractivity contribution is 0.0695. The Hall–Kier alpha value is -3.18. The second-order valence-corrected chi connectivity index (χ2v) is 8.82. The molecule has 0 aliphatic carbocycles. The molecule has 0 radical (unpaired) electrons. The van der Waals surface area contributed by atoms with Crippen LogP contribution in [0.15, 0.2) is 60.9 Å². The lowest BCUT2D eigenvalue weighted by Crippen LogP contribution is -2.30. The molecule has 2 N–H and O–H groups in total. The molecule has 0 unspecified atom stereocenters. The fraction of sp³-hybridized carbons (Fsp3) is 0.333. The first kappa shape index (κ1) is 22.0. The van der Waals surface area contributed by atoms with Gasteiger partial charge in [0.15, 0.2) is 0 Å². The zero-order valence-corrected chi connectivity index (χ0v) is 19.0. The summed E-state index contributed by atoms with van der Waals surface area (Å²) in [7, 11) is 2.11. The molecule has 0 fully saturated rings. The molecule has 1 aliphatic heterocycles. The summed E-state index contributed by atoms with van der Waals surface area (Å²) in [6.07, 6.45) is 5.72. The van der Waals surface area contributed by atoms with Crippen LogP contribution in [0.2, 0.25) is 0 Å². The number of carboxylic acids is 1. The van der Waals surface area contributed by atoms with E-state index >= 15 is 0 Å². The first-order chi connectivity index (χ1) is 15.4. The Labute approximate surface area is 190 Å². The molecule has 0 bridgehead atoms. The number of aryl methyl sites for hydroxylation is 1. The molecular formula is C27H31N3O2. The van der Waals surface area contributed by atoms with Crippen LogP contribution in [-0.2, 0) is 12.8 Å². The quantitative estimate of drug-likeness (QED) is 0.520. The summed E-state index contributed by atoms with van der Waals surface area (Å²) in [6, 6.07) is 17.3. The zero-order chi connectivity index (χ0) is 22.7. The molecule has 2 heterocycles. The van der Waals surface area contributed by atoms with E-state index in [-0.39, 0.29) is 6.04 Å². The Morgan fingerprint density at radius 1 is 1.16 bits per heavy atom. The lowest BCUT2D eigenvalue weighted by Gasteiger charge is -2.29. The highest BCUT2D eigenvalue weighted by molar-refractivity contribution is 5.89. The molecule has 3 aromatic rings. The number of carbonyl (C=O) groups is 1. The normalized spacial score (nSPS) is 15.4. The number of aromatic nitrogens is 1. The van der Waals surface area contributed by atoms with Crippen LogP contribution >= 0.6 is 0 Å². The van der Waals surface area contributed by atoms with Crippen molar-refractivity contribution in [3.63, 3.8) is 0 Å². The van der Waals surface area contributed by atoms with Gasteiger partial charge in [0.2, 0.25) is 0 Å². The Balaban J connectivity index is 1.51. The molecule has 5 nitrogen and oxygen atoms in total. The molecule has 2 aromatic carbocycles. The maximum Gasteiger partial charge on any atom is 0.336 e. The van der Waals surface area contributed by atoms with Crippen molar-refractivity contribution in [3.05, 3.63) is 88.7 Å². The van der Waals surface area contributed by atoms with E-state index in [1.165, 1.54) is 34.3 Å². The summed E-state index contributed by atoms with van der Waals surface area (Å²) in [5.41, 5.74) is 7.51. The number of aromatic carboxylic acids is 1. The zero-order valence-electron chi connectivity index (χ0n) is 19.0. The van der Waals surface area contributed by atoms with Gasteiger partial charge < -0.3 is 15.3 Å². The molecule has 1 atom stereocenters. The third-order valence-electron chi connectivity index (χ3n) is 6.46. The molecule has 1 aromatic heterocycles. The van der Waals surface area contributed by atoms with Crippen molar-refractivity contribution < 1.29 is 9.90 Å². The van der Waals surface area contributed by atoms with Crippen LogP contribution in [-0.4, -0.2) is 29.7 Å². The number of hydrogen-bond donors (Lipinski definition) is 2. The van der Waals surface area contributed by atoms with Crippen molar-refractivity contribution in [2.24, 2.45) is 0 Å². The van der Waals surface area contributed by atoms with Crippen LogP contribution in [0.25, 0.3) is 0 Å². The molecular weight excluding hydrogens is 398 g/mol. The summed E-state index contributed by atoms with van der Waals surface area (Å²) >= 11 is 0. The van der Waals surface area contributed by atoms with Gasteiger partial charge in [-0.25, -0.2) is 4.79 Å². The Bertz CT molecular complexity index is 1090. The maximum absolute atomic E-state index is 11.5. The van der Waals surface area contributed by atoms with Crippen LogP contribution in [0, 0.1) is 0 Å². The summed E-state index contributed by atoms with van der Waals surface area (Å²) < 4.78 is 0. The van der Waals surface area contributed by atoms with Gasteiger partial charge in [0, 0.05) is 36.9 Å². The number of hydrogen-bond acceptors (Lipinski definition) is 4. The molecule has 0 spiro atoms. The van der Waals surface area contributed by atoms with E-state index in [0.717, 1.165) is 24.9 Å². The SMILES string of the molecule is CC(C)c1ccc(N(C)c2ccc3c(c2)CCN[C@H]3CCc2cnccc2C(=O)O)cc1. The van der Waals surface area contributed by atoms with Crippen molar-refractivity contribution in [2.45, 2.75) is 45.1 Å². The van der Waals surface area contributed by atoms with E-state index < -0.39 is 5.97 Å².